The number of alkyl halides is 3. The fraction of sp³-hybridized carbons (Fsp3) is 1.00. The lowest BCUT2D eigenvalue weighted by Crippen LogP contribution is -2.59. The maximum Gasteiger partial charge on any atom is 0.523 e. The van der Waals surface area contributed by atoms with Gasteiger partial charge in [0.2, 0.25) is 0 Å². The van der Waals surface area contributed by atoms with E-state index < -0.39 is 21.4 Å². The number of piperidine rings is 2. The second-order valence-corrected chi connectivity index (χ2v) is 5.84. The number of fused-ring (bicyclic) bond motifs is 3. The number of hydrogen-bond acceptors (Lipinski definition) is 4. The minimum absolute atomic E-state index is 0.312. The monoisotopic (exact) mass is 259 g/mol. The second kappa shape index (κ2) is 3.58. The Morgan fingerprint density at radius 2 is 1.81 bits per heavy atom. The van der Waals surface area contributed by atoms with Crippen LogP contribution in [0.1, 0.15) is 25.7 Å². The molecule has 16 heavy (non-hydrogen) atoms. The highest BCUT2D eigenvalue weighted by Crippen LogP contribution is 2.40. The molecule has 0 amide bonds. The zero-order valence-electron chi connectivity index (χ0n) is 8.38. The first-order chi connectivity index (χ1) is 7.24. The largest absolute Gasteiger partial charge is 0.523 e. The van der Waals surface area contributed by atoms with Crippen molar-refractivity contribution in [1.82, 2.24) is 5.32 Å². The summed E-state index contributed by atoms with van der Waals surface area (Å²) in [5, 5.41) is 2.76. The molecule has 0 aromatic heterocycles. The summed E-state index contributed by atoms with van der Waals surface area (Å²) in [4.78, 5) is 0. The van der Waals surface area contributed by atoms with Gasteiger partial charge in [0.15, 0.2) is 0 Å². The van der Waals surface area contributed by atoms with E-state index >= 15 is 0 Å². The molecule has 94 valence electrons. The van der Waals surface area contributed by atoms with Crippen molar-refractivity contribution in [3.05, 3.63) is 0 Å². The Bertz CT molecular complexity index is 357. The summed E-state index contributed by atoms with van der Waals surface area (Å²) in [5.74, 6) is 0.430. The Kier molecular flexibility index (Phi) is 2.71. The molecule has 3 aliphatic rings. The Balaban J connectivity index is 2.15. The average molecular weight is 259 g/mol. The Morgan fingerprint density at radius 3 is 2.19 bits per heavy atom. The SMILES string of the molecule is O=S(=O)(OC12CCC(CC1)CN2)C(F)(F)F. The number of rotatable bonds is 2. The second-order valence-electron chi connectivity index (χ2n) is 4.30. The van der Waals surface area contributed by atoms with Gasteiger partial charge in [-0.3, -0.25) is 5.32 Å². The molecule has 1 saturated carbocycles. The van der Waals surface area contributed by atoms with Crippen molar-refractivity contribution in [2.75, 3.05) is 6.54 Å². The summed E-state index contributed by atoms with van der Waals surface area (Å²) in [6, 6.07) is 0. The third kappa shape index (κ3) is 2.05. The molecule has 2 aliphatic heterocycles. The van der Waals surface area contributed by atoms with Gasteiger partial charge in [-0.05, 0) is 31.6 Å². The maximum absolute atomic E-state index is 12.2. The maximum atomic E-state index is 12.2. The van der Waals surface area contributed by atoms with Crippen molar-refractivity contribution in [3.63, 3.8) is 0 Å². The molecule has 1 aliphatic carbocycles. The fourth-order valence-electron chi connectivity index (χ4n) is 2.23. The number of halogens is 3. The molecule has 4 nitrogen and oxygen atoms in total. The topological polar surface area (TPSA) is 55.4 Å². The molecular formula is C8H12F3NO3S. The first-order valence-corrected chi connectivity index (χ1v) is 6.42. The van der Waals surface area contributed by atoms with Gasteiger partial charge in [0, 0.05) is 6.54 Å². The van der Waals surface area contributed by atoms with Crippen LogP contribution in [0.25, 0.3) is 0 Å². The van der Waals surface area contributed by atoms with Gasteiger partial charge < -0.3 is 0 Å². The van der Waals surface area contributed by atoms with Gasteiger partial charge in [0.25, 0.3) is 0 Å². The van der Waals surface area contributed by atoms with Crippen LogP contribution in [0.15, 0.2) is 0 Å². The van der Waals surface area contributed by atoms with Crippen LogP contribution in [0.5, 0.6) is 0 Å². The standard InChI is InChI=1S/C8H12F3NO3S/c9-8(10,11)16(13,14)15-7-3-1-6(2-4-7)5-12-7/h6,12H,1-5H2. The summed E-state index contributed by atoms with van der Waals surface area (Å²) < 4.78 is 62.7. The molecule has 3 rings (SSSR count). The predicted octanol–water partition coefficient (Wildman–Crippen LogP) is 1.34. The minimum atomic E-state index is -5.51. The van der Waals surface area contributed by atoms with Gasteiger partial charge in [0.05, 0.1) is 0 Å². The summed E-state index contributed by atoms with van der Waals surface area (Å²) in [7, 11) is -5.51. The van der Waals surface area contributed by atoms with Crippen molar-refractivity contribution in [2.24, 2.45) is 5.92 Å². The van der Waals surface area contributed by atoms with E-state index in [9.17, 15) is 21.6 Å². The minimum Gasteiger partial charge on any atom is -0.288 e. The number of nitrogens with one attached hydrogen (secondary N) is 1. The van der Waals surface area contributed by atoms with Crippen molar-refractivity contribution in [1.29, 1.82) is 0 Å². The Hall–Kier alpha value is -0.340. The van der Waals surface area contributed by atoms with E-state index in [-0.39, 0.29) is 0 Å². The molecule has 1 N–H and O–H groups in total. The quantitative estimate of drug-likeness (QED) is 0.600. The van der Waals surface area contributed by atoms with Crippen LogP contribution in [-0.2, 0) is 14.3 Å². The highest BCUT2D eigenvalue weighted by atomic mass is 32.2. The highest BCUT2D eigenvalue weighted by Gasteiger charge is 2.53. The van der Waals surface area contributed by atoms with E-state index in [0.717, 1.165) is 0 Å². The smallest absolute Gasteiger partial charge is 0.288 e. The predicted molar refractivity (Wildman–Crippen MR) is 48.8 cm³/mol. The van der Waals surface area contributed by atoms with E-state index in [2.05, 4.69) is 9.50 Å². The first kappa shape index (κ1) is 12.1. The summed E-state index contributed by atoms with van der Waals surface area (Å²) >= 11 is 0. The van der Waals surface area contributed by atoms with Crippen LogP contribution >= 0.6 is 0 Å². The van der Waals surface area contributed by atoms with Crippen molar-refractivity contribution in [2.45, 2.75) is 36.9 Å². The third-order valence-electron chi connectivity index (χ3n) is 3.18. The van der Waals surface area contributed by atoms with Crippen molar-refractivity contribution < 1.29 is 25.8 Å². The molecule has 0 spiro atoms. The summed E-state index contributed by atoms with van der Waals surface area (Å²) in [5.41, 5.74) is -6.68. The summed E-state index contributed by atoms with van der Waals surface area (Å²) in [6.45, 7) is 0.521. The number of hydrogen-bond donors (Lipinski definition) is 1. The third-order valence-corrected chi connectivity index (χ3v) is 4.28. The van der Waals surface area contributed by atoms with Gasteiger partial charge in [-0.2, -0.15) is 21.6 Å². The average Bonchev–Trinajstić information content (AvgIpc) is 2.17. The fourth-order valence-corrected chi connectivity index (χ4v) is 2.97. The summed E-state index contributed by atoms with van der Waals surface area (Å²) in [6.07, 6.45) is 2.04. The molecule has 0 aromatic carbocycles. The highest BCUT2D eigenvalue weighted by molar-refractivity contribution is 7.87. The van der Waals surface area contributed by atoms with E-state index in [0.29, 0.717) is 38.1 Å². The van der Waals surface area contributed by atoms with Gasteiger partial charge in [-0.25, -0.2) is 4.18 Å². The van der Waals surface area contributed by atoms with E-state index in [4.69, 9.17) is 0 Å². The van der Waals surface area contributed by atoms with Gasteiger partial charge >= 0.3 is 15.6 Å². The Morgan fingerprint density at radius 1 is 1.25 bits per heavy atom. The first-order valence-electron chi connectivity index (χ1n) is 5.01. The van der Waals surface area contributed by atoms with Crippen LogP contribution in [0.2, 0.25) is 0 Å². The molecule has 2 bridgehead atoms. The molecule has 0 unspecified atom stereocenters. The van der Waals surface area contributed by atoms with Gasteiger partial charge in [-0.15, -0.1) is 0 Å². The van der Waals surface area contributed by atoms with E-state index in [1.807, 2.05) is 0 Å². The van der Waals surface area contributed by atoms with Crippen LogP contribution in [0, 0.1) is 5.92 Å². The molecule has 2 saturated heterocycles. The zero-order chi connectivity index (χ0) is 12.0. The van der Waals surface area contributed by atoms with Crippen LogP contribution in [-0.4, -0.2) is 26.2 Å². The molecule has 0 aromatic rings. The van der Waals surface area contributed by atoms with Crippen LogP contribution in [0.4, 0.5) is 13.2 Å². The molecule has 3 fully saturated rings. The molecular weight excluding hydrogens is 247 g/mol. The Labute approximate surface area is 91.3 Å². The van der Waals surface area contributed by atoms with Crippen molar-refractivity contribution >= 4 is 10.1 Å². The molecule has 0 atom stereocenters. The lowest BCUT2D eigenvalue weighted by Gasteiger charge is -2.46. The molecule has 8 heteroatoms. The normalized spacial score (nSPS) is 35.3. The van der Waals surface area contributed by atoms with Crippen molar-refractivity contribution in [3.8, 4) is 0 Å². The van der Waals surface area contributed by atoms with Gasteiger partial charge in [0.1, 0.15) is 5.72 Å². The molecule has 0 radical (unpaired) electrons. The van der Waals surface area contributed by atoms with E-state index in [1.165, 1.54) is 0 Å². The van der Waals surface area contributed by atoms with Gasteiger partial charge in [-0.1, -0.05) is 0 Å². The van der Waals surface area contributed by atoms with E-state index in [1.54, 1.807) is 0 Å². The lowest BCUT2D eigenvalue weighted by atomic mass is 9.79. The zero-order valence-corrected chi connectivity index (χ0v) is 9.20. The van der Waals surface area contributed by atoms with Crippen LogP contribution < -0.4 is 5.32 Å². The lowest BCUT2D eigenvalue weighted by molar-refractivity contribution is -0.0904. The van der Waals surface area contributed by atoms with Crippen LogP contribution in [0.3, 0.4) is 0 Å². The molecule has 2 heterocycles.